The molecule has 5 heteroatoms. The molecule has 0 unspecified atom stereocenters. The van der Waals surface area contributed by atoms with Gasteiger partial charge in [-0.15, -0.1) is 0 Å². The van der Waals surface area contributed by atoms with Gasteiger partial charge in [0.15, 0.2) is 4.32 Å². The highest BCUT2D eigenvalue weighted by molar-refractivity contribution is 8.27. The maximum absolute atomic E-state index is 13.0. The lowest BCUT2D eigenvalue weighted by atomic mass is 10.2. The number of hydrogen-bond acceptors (Lipinski definition) is 3. The van der Waals surface area contributed by atoms with Crippen LogP contribution in [0.25, 0.3) is 6.08 Å². The minimum atomic E-state index is -0.347. The van der Waals surface area contributed by atoms with E-state index in [4.69, 9.17) is 12.2 Å². The molecule has 0 aromatic heterocycles. The summed E-state index contributed by atoms with van der Waals surface area (Å²) in [5.74, 6) is -0.537. The molecule has 23 heavy (non-hydrogen) atoms. The fourth-order valence-corrected chi connectivity index (χ4v) is 3.36. The first-order valence-electron chi connectivity index (χ1n) is 6.90. The Morgan fingerprint density at radius 3 is 2.43 bits per heavy atom. The average Bonchev–Trinajstić information content (AvgIpc) is 2.84. The van der Waals surface area contributed by atoms with E-state index in [1.54, 1.807) is 18.2 Å². The Labute approximate surface area is 143 Å². The van der Waals surface area contributed by atoms with Crippen molar-refractivity contribution in [2.75, 3.05) is 4.90 Å². The highest BCUT2D eigenvalue weighted by atomic mass is 32.2. The van der Waals surface area contributed by atoms with Crippen molar-refractivity contribution >= 4 is 46.0 Å². The summed E-state index contributed by atoms with van der Waals surface area (Å²) in [7, 11) is 0. The topological polar surface area (TPSA) is 20.3 Å². The molecule has 1 aliphatic heterocycles. The number of nitrogens with zero attached hydrogens (tertiary/aromatic N) is 1. The number of carbonyl (C=O) groups excluding carboxylic acids is 1. The van der Waals surface area contributed by atoms with E-state index in [9.17, 15) is 9.18 Å². The van der Waals surface area contributed by atoms with Gasteiger partial charge in [-0.05, 0) is 35.9 Å². The zero-order chi connectivity index (χ0) is 16.2. The fraction of sp³-hybridized carbons (Fsp3) is 0. The van der Waals surface area contributed by atoms with E-state index in [0.29, 0.717) is 14.9 Å². The van der Waals surface area contributed by atoms with Crippen LogP contribution in [0.2, 0.25) is 0 Å². The van der Waals surface area contributed by atoms with Crippen molar-refractivity contribution < 1.29 is 9.18 Å². The van der Waals surface area contributed by atoms with Gasteiger partial charge in [-0.3, -0.25) is 9.69 Å². The molecule has 0 N–H and O–H groups in total. The molecule has 3 rings (SSSR count). The third kappa shape index (κ3) is 3.57. The maximum Gasteiger partial charge on any atom is 0.270 e. The van der Waals surface area contributed by atoms with Gasteiger partial charge in [0.2, 0.25) is 0 Å². The number of rotatable bonds is 3. The number of allylic oxidation sites excluding steroid dienone is 2. The molecule has 1 heterocycles. The van der Waals surface area contributed by atoms with Crippen LogP contribution in [0.4, 0.5) is 10.1 Å². The van der Waals surface area contributed by atoms with Crippen LogP contribution >= 0.6 is 24.0 Å². The van der Waals surface area contributed by atoms with Gasteiger partial charge in [0.25, 0.3) is 5.91 Å². The molecule has 2 aromatic carbocycles. The van der Waals surface area contributed by atoms with E-state index in [1.807, 2.05) is 42.5 Å². The molecule has 0 aliphatic carbocycles. The predicted molar refractivity (Wildman–Crippen MR) is 97.6 cm³/mol. The zero-order valence-corrected chi connectivity index (χ0v) is 13.6. The molecule has 0 bridgehead atoms. The Morgan fingerprint density at radius 1 is 1.04 bits per heavy atom. The summed E-state index contributed by atoms with van der Waals surface area (Å²) in [6.07, 6.45) is 5.49. The number of thioether (sulfide) groups is 1. The Kier molecular flexibility index (Phi) is 4.69. The summed E-state index contributed by atoms with van der Waals surface area (Å²) in [6.45, 7) is 0. The lowest BCUT2D eigenvalue weighted by Gasteiger charge is -2.13. The third-order valence-electron chi connectivity index (χ3n) is 3.21. The Balaban J connectivity index is 1.79. The van der Waals surface area contributed by atoms with Gasteiger partial charge in [0.1, 0.15) is 5.82 Å². The minimum Gasteiger partial charge on any atom is -0.268 e. The fourth-order valence-electron chi connectivity index (χ4n) is 2.11. The minimum absolute atomic E-state index is 0.190. The second-order valence-corrected chi connectivity index (χ2v) is 6.46. The van der Waals surface area contributed by atoms with Crippen molar-refractivity contribution in [2.24, 2.45) is 0 Å². The number of anilines is 1. The van der Waals surface area contributed by atoms with Gasteiger partial charge >= 0.3 is 0 Å². The SMILES string of the molecule is O=C1/C(=C/C=C/c2ccccc2)SC(=S)N1c1ccc(F)cc1. The van der Waals surface area contributed by atoms with Gasteiger partial charge in [0, 0.05) is 0 Å². The standard InChI is InChI=1S/C18H12FNOS2/c19-14-9-11-15(12-10-14)20-17(21)16(23-18(20)22)8-4-7-13-5-2-1-3-6-13/h1-12H/b7-4+,16-8-. The molecular formula is C18H12FNOS2. The molecule has 0 atom stereocenters. The van der Waals surface area contributed by atoms with Crippen LogP contribution in [0.5, 0.6) is 0 Å². The van der Waals surface area contributed by atoms with Gasteiger partial charge < -0.3 is 0 Å². The van der Waals surface area contributed by atoms with E-state index in [-0.39, 0.29) is 11.7 Å². The molecule has 0 saturated carbocycles. The van der Waals surface area contributed by atoms with Crippen molar-refractivity contribution in [3.63, 3.8) is 0 Å². The van der Waals surface area contributed by atoms with Crippen molar-refractivity contribution in [1.82, 2.24) is 0 Å². The second-order valence-electron chi connectivity index (χ2n) is 4.79. The first-order chi connectivity index (χ1) is 11.1. The van der Waals surface area contributed by atoms with Crippen molar-refractivity contribution in [2.45, 2.75) is 0 Å². The van der Waals surface area contributed by atoms with E-state index in [1.165, 1.54) is 28.8 Å². The van der Waals surface area contributed by atoms with Crippen LogP contribution in [-0.4, -0.2) is 10.2 Å². The summed E-state index contributed by atoms with van der Waals surface area (Å²) in [5.41, 5.74) is 1.63. The number of benzene rings is 2. The number of hydrogen-bond donors (Lipinski definition) is 0. The van der Waals surface area contributed by atoms with Crippen LogP contribution in [0.15, 0.2) is 71.7 Å². The van der Waals surface area contributed by atoms with Gasteiger partial charge in [-0.1, -0.05) is 66.5 Å². The Bertz CT molecular complexity index is 798. The van der Waals surface area contributed by atoms with Gasteiger partial charge in [-0.2, -0.15) is 0 Å². The maximum atomic E-state index is 13.0. The highest BCUT2D eigenvalue weighted by Gasteiger charge is 2.32. The molecule has 0 radical (unpaired) electrons. The summed E-state index contributed by atoms with van der Waals surface area (Å²) in [6, 6.07) is 15.5. The first-order valence-corrected chi connectivity index (χ1v) is 8.13. The number of carbonyl (C=O) groups is 1. The lowest BCUT2D eigenvalue weighted by Crippen LogP contribution is -2.27. The van der Waals surface area contributed by atoms with Crippen LogP contribution in [0.1, 0.15) is 5.56 Å². The molecule has 0 spiro atoms. The largest absolute Gasteiger partial charge is 0.270 e. The normalized spacial score (nSPS) is 16.7. The van der Waals surface area contributed by atoms with Crippen molar-refractivity contribution in [1.29, 1.82) is 0 Å². The van der Waals surface area contributed by atoms with Crippen molar-refractivity contribution in [3.05, 3.63) is 83.0 Å². The van der Waals surface area contributed by atoms with E-state index in [0.717, 1.165) is 5.56 Å². The van der Waals surface area contributed by atoms with Crippen molar-refractivity contribution in [3.8, 4) is 0 Å². The third-order valence-corrected chi connectivity index (χ3v) is 4.53. The van der Waals surface area contributed by atoms with E-state index >= 15 is 0 Å². The van der Waals surface area contributed by atoms with Crippen LogP contribution in [-0.2, 0) is 4.79 Å². The predicted octanol–water partition coefficient (Wildman–Crippen LogP) is 4.79. The molecule has 1 fully saturated rings. The summed E-state index contributed by atoms with van der Waals surface area (Å²) < 4.78 is 13.5. The molecule has 2 aromatic rings. The summed E-state index contributed by atoms with van der Waals surface area (Å²) in [4.78, 5) is 14.4. The molecule has 1 saturated heterocycles. The molecule has 1 aliphatic rings. The lowest BCUT2D eigenvalue weighted by molar-refractivity contribution is -0.113. The summed E-state index contributed by atoms with van der Waals surface area (Å²) >= 11 is 6.50. The molecule has 114 valence electrons. The first kappa shape index (κ1) is 15.6. The molecule has 2 nitrogen and oxygen atoms in total. The van der Waals surface area contributed by atoms with Crippen LogP contribution in [0, 0.1) is 5.82 Å². The Morgan fingerprint density at radius 2 is 1.74 bits per heavy atom. The van der Waals surface area contributed by atoms with Crippen LogP contribution < -0.4 is 4.90 Å². The monoisotopic (exact) mass is 341 g/mol. The number of halogens is 1. The number of amides is 1. The second kappa shape index (κ2) is 6.89. The van der Waals surface area contributed by atoms with Gasteiger partial charge in [-0.25, -0.2) is 4.39 Å². The summed E-state index contributed by atoms with van der Waals surface area (Å²) in [5, 5.41) is 0. The highest BCUT2D eigenvalue weighted by Crippen LogP contribution is 2.34. The molecular weight excluding hydrogens is 329 g/mol. The van der Waals surface area contributed by atoms with Crippen LogP contribution in [0.3, 0.4) is 0 Å². The Hall–Kier alpha value is -2.24. The van der Waals surface area contributed by atoms with Gasteiger partial charge in [0.05, 0.1) is 10.6 Å². The van der Waals surface area contributed by atoms with E-state index < -0.39 is 0 Å². The van der Waals surface area contributed by atoms with E-state index in [2.05, 4.69) is 0 Å². The number of thiocarbonyl (C=S) groups is 1. The quantitative estimate of drug-likeness (QED) is 0.591. The smallest absolute Gasteiger partial charge is 0.268 e. The zero-order valence-electron chi connectivity index (χ0n) is 12.0. The molecule has 1 amide bonds. The average molecular weight is 341 g/mol.